The summed E-state index contributed by atoms with van der Waals surface area (Å²) in [6, 6.07) is 14.6. The summed E-state index contributed by atoms with van der Waals surface area (Å²) in [4.78, 5) is 71.4. The van der Waals surface area contributed by atoms with Gasteiger partial charge in [0.05, 0.1) is 50.1 Å². The first-order valence-corrected chi connectivity index (χ1v) is 19.7. The monoisotopic (exact) mass is 786 g/mol. The second kappa shape index (κ2) is 17.9. The number of allylic oxidation sites excluding steroid dienone is 1. The number of benzene rings is 2. The van der Waals surface area contributed by atoms with Crippen molar-refractivity contribution >= 4 is 24.0 Å². The molecule has 2 aliphatic heterocycles. The number of H-pyrrole nitrogens is 2. The van der Waals surface area contributed by atoms with Crippen molar-refractivity contribution in [2.45, 2.75) is 84.5 Å². The van der Waals surface area contributed by atoms with E-state index in [0.29, 0.717) is 25.3 Å². The molecular formula is C43H62N8O6. The van der Waals surface area contributed by atoms with Gasteiger partial charge in [0, 0.05) is 18.8 Å². The molecule has 57 heavy (non-hydrogen) atoms. The fourth-order valence-electron chi connectivity index (χ4n) is 7.73. The van der Waals surface area contributed by atoms with Crippen molar-refractivity contribution in [2.75, 3.05) is 27.3 Å². The van der Waals surface area contributed by atoms with Gasteiger partial charge in [-0.1, -0.05) is 94.8 Å². The molecule has 4 aromatic rings. The van der Waals surface area contributed by atoms with Gasteiger partial charge < -0.3 is 39.9 Å². The molecule has 0 aliphatic carbocycles. The zero-order valence-electron chi connectivity index (χ0n) is 33.8. The molecule has 2 unspecified atom stereocenters. The fraction of sp³-hybridized carbons (Fsp3) is 0.442. The largest absolute Gasteiger partial charge is 0.453 e. The van der Waals surface area contributed by atoms with Crippen LogP contribution in [0.3, 0.4) is 0 Å². The maximum absolute atomic E-state index is 13.8. The molecule has 0 spiro atoms. The van der Waals surface area contributed by atoms with E-state index in [1.54, 1.807) is 22.2 Å². The molecule has 2 fully saturated rings. The van der Waals surface area contributed by atoms with E-state index in [0.717, 1.165) is 64.3 Å². The van der Waals surface area contributed by atoms with Crippen LogP contribution in [0.15, 0.2) is 72.6 Å². The zero-order chi connectivity index (χ0) is 40.8. The highest BCUT2D eigenvalue weighted by Gasteiger charge is 2.40. The zero-order valence-corrected chi connectivity index (χ0v) is 33.8. The molecule has 4 N–H and O–H groups in total. The number of aromatic nitrogens is 4. The van der Waals surface area contributed by atoms with E-state index in [9.17, 15) is 19.2 Å². The van der Waals surface area contributed by atoms with Crippen LogP contribution in [0.4, 0.5) is 9.59 Å². The molecule has 2 aromatic heterocycles. The number of hydrogen-bond acceptors (Lipinski definition) is 8. The quantitative estimate of drug-likeness (QED) is 0.104. The SMILES string of the molecule is CC/C=C1\C[C@@H](c2ncc(-c3ccc(-c4ccc(-c5cnc([C@@H]6CCCN6C(=O)C(NC(=O)OC)C(C)C)[nH]5)cc4)cc3)[nH]2)N(C(=O)C(NC(=O)OC)C(C)C)C1.[HH].[HH].[HH].[HH]. The van der Waals surface area contributed by atoms with Crippen molar-refractivity contribution < 1.29 is 34.4 Å². The van der Waals surface area contributed by atoms with E-state index in [1.807, 2.05) is 27.7 Å². The number of methoxy groups -OCH3 is 2. The van der Waals surface area contributed by atoms with Crippen LogP contribution >= 0.6 is 0 Å². The van der Waals surface area contributed by atoms with Gasteiger partial charge in [0.15, 0.2) is 0 Å². The van der Waals surface area contributed by atoms with Gasteiger partial charge in [-0.3, -0.25) is 9.59 Å². The second-order valence-electron chi connectivity index (χ2n) is 15.4. The first-order chi connectivity index (χ1) is 27.4. The number of carbonyl (C=O) groups excluding carboxylic acids is 4. The molecule has 14 heteroatoms. The molecule has 0 bridgehead atoms. The summed E-state index contributed by atoms with van der Waals surface area (Å²) in [7, 11) is 2.58. The highest BCUT2D eigenvalue weighted by molar-refractivity contribution is 5.87. The Morgan fingerprint density at radius 2 is 1.21 bits per heavy atom. The molecule has 2 aromatic carbocycles. The molecule has 4 heterocycles. The summed E-state index contributed by atoms with van der Waals surface area (Å²) in [6.45, 7) is 10.7. The summed E-state index contributed by atoms with van der Waals surface area (Å²) in [5.41, 5.74) is 6.90. The van der Waals surface area contributed by atoms with Crippen LogP contribution in [-0.2, 0) is 19.1 Å². The van der Waals surface area contributed by atoms with Crippen LogP contribution in [0.1, 0.15) is 89.7 Å². The first kappa shape index (κ1) is 40.7. The van der Waals surface area contributed by atoms with Gasteiger partial charge in [0.25, 0.3) is 0 Å². The van der Waals surface area contributed by atoms with Gasteiger partial charge in [-0.25, -0.2) is 19.6 Å². The van der Waals surface area contributed by atoms with E-state index in [2.05, 4.69) is 87.1 Å². The third-order valence-corrected chi connectivity index (χ3v) is 10.8. The molecule has 310 valence electrons. The van der Waals surface area contributed by atoms with Crippen molar-refractivity contribution in [3.8, 4) is 33.6 Å². The topological polar surface area (TPSA) is 175 Å². The molecule has 4 amide bonds. The lowest BCUT2D eigenvalue weighted by molar-refractivity contribution is -0.136. The number of nitrogens with one attached hydrogen (secondary N) is 4. The molecule has 4 atom stereocenters. The number of hydrogen-bond donors (Lipinski definition) is 4. The smallest absolute Gasteiger partial charge is 0.407 e. The molecule has 2 aliphatic rings. The number of ether oxygens (including phenoxy) is 2. The van der Waals surface area contributed by atoms with Crippen molar-refractivity contribution in [3.63, 3.8) is 0 Å². The maximum atomic E-state index is 13.8. The Hall–Kier alpha value is -5.92. The second-order valence-corrected chi connectivity index (χ2v) is 15.4. The van der Waals surface area contributed by atoms with Crippen LogP contribution in [0.5, 0.6) is 0 Å². The van der Waals surface area contributed by atoms with E-state index in [-0.39, 0.29) is 41.4 Å². The third-order valence-electron chi connectivity index (χ3n) is 10.8. The number of imidazole rings is 2. The maximum Gasteiger partial charge on any atom is 0.407 e. The number of amides is 4. The third kappa shape index (κ3) is 9.05. The standard InChI is InChI=1S/C43H54N8O6.4H2/c1-8-10-27-21-35(51(24-27)41(53)37(26(4)5)49-43(55)57-7)39-45-23-33(47-39)31-18-14-29(15-19-31)28-12-16-30(17-13-28)32-22-44-38(46-32)34-11-9-20-50(34)40(52)36(25(2)3)48-42(54)56-6;;;;/h10,12-19,22-23,25-26,34-37H,8-9,11,20-21,24H2,1-7H3,(H,44,46)(H,45,47)(H,48,54)(H,49,55);4*1H/b27-10+;;;;/t34-,35-,36?,37?;;;;/m0..../s1. The lowest BCUT2D eigenvalue weighted by atomic mass is 10.0. The fourth-order valence-corrected chi connectivity index (χ4v) is 7.73. The summed E-state index contributed by atoms with van der Waals surface area (Å²) in [5.74, 6) is 0.868. The Bertz CT molecular complexity index is 2090. The lowest BCUT2D eigenvalue weighted by Crippen LogP contribution is -2.51. The average Bonchev–Trinajstić information content (AvgIpc) is 4.05. The van der Waals surface area contributed by atoms with Gasteiger partial charge >= 0.3 is 12.2 Å². The van der Waals surface area contributed by atoms with Crippen molar-refractivity contribution in [3.05, 3.63) is 84.2 Å². The lowest BCUT2D eigenvalue weighted by Gasteiger charge is -2.30. The number of aromatic amines is 2. The van der Waals surface area contributed by atoms with Crippen LogP contribution in [-0.4, -0.2) is 93.1 Å². The number of nitrogens with zero attached hydrogens (tertiary/aromatic N) is 4. The number of likely N-dealkylation sites (tertiary alicyclic amines) is 2. The molecule has 0 radical (unpaired) electrons. The summed E-state index contributed by atoms with van der Waals surface area (Å²) in [6.07, 6.45) is 7.65. The van der Waals surface area contributed by atoms with Gasteiger partial charge in [-0.15, -0.1) is 0 Å². The summed E-state index contributed by atoms with van der Waals surface area (Å²) < 4.78 is 9.56. The Balaban J connectivity index is 0.00000320. The number of rotatable bonds is 12. The molecule has 14 nitrogen and oxygen atoms in total. The molecule has 6 rings (SSSR count). The minimum absolute atomic E-state index is 0. The predicted molar refractivity (Wildman–Crippen MR) is 225 cm³/mol. The Labute approximate surface area is 339 Å². The normalized spacial score (nSPS) is 18.6. The minimum Gasteiger partial charge on any atom is -0.453 e. The Kier molecular flexibility index (Phi) is 12.8. The van der Waals surface area contributed by atoms with Crippen molar-refractivity contribution in [1.29, 1.82) is 0 Å². The Morgan fingerprint density at radius 1 is 0.754 bits per heavy atom. The van der Waals surface area contributed by atoms with E-state index in [4.69, 9.17) is 14.5 Å². The number of carbonyl (C=O) groups is 4. The van der Waals surface area contributed by atoms with E-state index < -0.39 is 24.3 Å². The number of alkyl carbamates (subject to hydrolysis) is 2. The van der Waals surface area contributed by atoms with Gasteiger partial charge in [-0.05, 0) is 59.8 Å². The van der Waals surface area contributed by atoms with Crippen molar-refractivity contribution in [1.82, 2.24) is 40.4 Å². The van der Waals surface area contributed by atoms with Crippen LogP contribution in [0, 0.1) is 11.8 Å². The Morgan fingerprint density at radius 3 is 1.67 bits per heavy atom. The summed E-state index contributed by atoms with van der Waals surface area (Å²) in [5, 5.41) is 5.41. The van der Waals surface area contributed by atoms with Gasteiger partial charge in [0.1, 0.15) is 23.7 Å². The first-order valence-electron chi connectivity index (χ1n) is 19.7. The highest BCUT2D eigenvalue weighted by atomic mass is 16.5. The van der Waals surface area contributed by atoms with E-state index in [1.165, 1.54) is 14.2 Å². The highest BCUT2D eigenvalue weighted by Crippen LogP contribution is 2.37. The average molecular weight is 787 g/mol. The van der Waals surface area contributed by atoms with Crippen LogP contribution in [0.25, 0.3) is 33.6 Å². The minimum atomic E-state index is -0.726. The van der Waals surface area contributed by atoms with Crippen molar-refractivity contribution in [2.24, 2.45) is 11.8 Å². The van der Waals surface area contributed by atoms with Gasteiger partial charge in [0.2, 0.25) is 11.8 Å². The summed E-state index contributed by atoms with van der Waals surface area (Å²) >= 11 is 0. The predicted octanol–water partition coefficient (Wildman–Crippen LogP) is 8.15. The van der Waals surface area contributed by atoms with Crippen LogP contribution in [0.2, 0.25) is 0 Å². The molecular weight excluding hydrogens is 725 g/mol. The molecule has 0 saturated carbocycles. The van der Waals surface area contributed by atoms with Crippen LogP contribution < -0.4 is 10.6 Å². The van der Waals surface area contributed by atoms with E-state index >= 15 is 0 Å². The molecule has 2 saturated heterocycles. The van der Waals surface area contributed by atoms with Gasteiger partial charge in [-0.2, -0.15) is 0 Å².